The lowest BCUT2D eigenvalue weighted by atomic mass is 9.72. The van der Waals surface area contributed by atoms with Crippen molar-refractivity contribution >= 4 is 94.3 Å². The van der Waals surface area contributed by atoms with Crippen molar-refractivity contribution in [3.8, 4) is 0 Å². The molecule has 0 fully saturated rings. The van der Waals surface area contributed by atoms with Crippen LogP contribution >= 0.6 is 0 Å². The number of carbonyl (C=O) groups excluding carboxylic acids is 2. The van der Waals surface area contributed by atoms with Crippen LogP contribution in [0.25, 0.3) is 22.3 Å². The lowest BCUT2D eigenvalue weighted by Crippen LogP contribution is -2.24. The van der Waals surface area contributed by atoms with Crippen LogP contribution in [0.3, 0.4) is 0 Å². The summed E-state index contributed by atoms with van der Waals surface area (Å²) in [6, 6.07) is 45.5. The minimum absolute atomic E-state index is 0.113. The zero-order chi connectivity index (χ0) is 69.0. The van der Waals surface area contributed by atoms with Gasteiger partial charge in [-0.1, -0.05) is 215 Å². The van der Waals surface area contributed by atoms with Gasteiger partial charge in [0, 0.05) is 21.9 Å². The van der Waals surface area contributed by atoms with Crippen LogP contribution < -0.4 is 0 Å². The van der Waals surface area contributed by atoms with Gasteiger partial charge in [-0.05, 0) is 121 Å². The van der Waals surface area contributed by atoms with Gasteiger partial charge in [0.25, 0.3) is 52.0 Å². The number of fused-ring (bicyclic) bond motifs is 1. The molecule has 22 heteroatoms. The summed E-state index contributed by atoms with van der Waals surface area (Å²) in [4.78, 5) is -1.94. The molecule has 16 nitrogen and oxygen atoms in total. The Morgan fingerprint density at radius 1 is 0.370 bits per heavy atom. The summed E-state index contributed by atoms with van der Waals surface area (Å²) in [5.74, 6) is 3.56. The maximum Gasteiger partial charge on any atom is 0.440 e. The van der Waals surface area contributed by atoms with Crippen LogP contribution in [0.4, 0.5) is 0 Å². The Balaban J connectivity index is 0.000000199. The summed E-state index contributed by atoms with van der Waals surface area (Å²) >= 11 is 0. The minimum atomic E-state index is -4.61. The van der Waals surface area contributed by atoms with Gasteiger partial charge in [0.1, 0.15) is 9.79 Å². The molecule has 0 unspecified atom stereocenters. The molecule has 0 amide bonds. The molecule has 7 aromatic carbocycles. The van der Waals surface area contributed by atoms with Crippen LogP contribution in [0.2, 0.25) is 0 Å². The standard InChI is InChI=1S/2C23H28O2Si.C18H24O6S2.C6H6O6S2/c1-22(2,3)18-11-7-16(8-12-18)20-15-21(25-26-24-20)17-9-13-19(14-10-17)23(4,5)6;1-22(2,3)16-23(4,5)19-13-11-18(12-14-19)21-15-20(24-26-25-21)17-9-7-6-8-10-17;1-17(2,3)11-7-9-14(26(22,23)24)16-12(18(4,5)6)8-10-13(15(11)16)25(19,20)21;7-13(8,9)5-2-1-3-6(4-5)14(10,11)12/h7-15,26H,1-6H3;6-15,26H,16H2,1-5H3;7-10H,1-6H3,(H,19,20,21)(H,22,23,24);1-4H,(H,7,8,9)(H,10,11,12). The second kappa shape index (κ2) is 28.1. The van der Waals surface area contributed by atoms with Gasteiger partial charge in [0.15, 0.2) is 0 Å². The second-order valence-corrected chi connectivity index (χ2v) is 35.4. The van der Waals surface area contributed by atoms with Gasteiger partial charge >= 0.3 is 20.0 Å². The van der Waals surface area contributed by atoms with E-state index in [-0.39, 0.29) is 36.8 Å². The van der Waals surface area contributed by atoms with Gasteiger partial charge in [-0.3, -0.25) is 18.2 Å². The second-order valence-electron chi connectivity index (χ2n) is 28.5. The maximum absolute atomic E-state index is 12.0. The molecule has 0 aliphatic carbocycles. The number of benzene rings is 7. The molecule has 9 rings (SSSR count). The van der Waals surface area contributed by atoms with Gasteiger partial charge in [0.2, 0.25) is 0 Å². The summed E-state index contributed by atoms with van der Waals surface area (Å²) < 4.78 is 150. The highest BCUT2D eigenvalue weighted by molar-refractivity contribution is 7.87. The number of rotatable bonds is 10. The summed E-state index contributed by atoms with van der Waals surface area (Å²) in [7, 11) is -19.2. The summed E-state index contributed by atoms with van der Waals surface area (Å²) in [5.41, 5.74) is 9.18. The molecule has 0 spiro atoms. The Kier molecular flexibility index (Phi) is 22.7. The van der Waals surface area contributed by atoms with Crippen LogP contribution in [-0.4, -0.2) is 83.5 Å². The molecule has 0 saturated carbocycles. The lowest BCUT2D eigenvalue weighted by Gasteiger charge is -2.33. The zero-order valence-electron chi connectivity index (χ0n) is 55.3. The average Bonchev–Trinajstić information content (AvgIpc) is 0.730. The van der Waals surface area contributed by atoms with Gasteiger partial charge in [-0.2, -0.15) is 33.7 Å². The SMILES string of the molecule is CC(C)(C)CC(C)(C)c1ccc(C2=CC(c3ccccc3)=[O+][SiH-]O2)cc1.CC(C)(C)c1ccc(C2=CC(c3ccc(C(C)(C)C)cc3)=[O+][SiH-]O2)cc1.CC(C)(C)c1ccc(S(=O)(=O)O)c2c(C(C)(C)C)ccc(S(=O)(=O)O)c12.O=S(=O)(O)c1cccc(S(=O)(=O)O)c1. The van der Waals surface area contributed by atoms with Crippen LogP contribution in [-0.2, 0) is 76.4 Å². The maximum atomic E-state index is 12.0. The lowest BCUT2D eigenvalue weighted by molar-refractivity contribution is -0.102. The van der Waals surface area contributed by atoms with Crippen molar-refractivity contribution in [1.29, 1.82) is 0 Å². The first-order valence-corrected chi connectivity index (χ1v) is 37.2. The molecule has 0 radical (unpaired) electrons. The summed E-state index contributed by atoms with van der Waals surface area (Å²) in [6.45, 7) is 36.0. The Morgan fingerprint density at radius 3 is 1.02 bits per heavy atom. The molecule has 0 saturated heterocycles. The fourth-order valence-electron chi connectivity index (χ4n) is 10.5. The van der Waals surface area contributed by atoms with Gasteiger partial charge in [-0.25, -0.2) is 0 Å². The van der Waals surface area contributed by atoms with Crippen molar-refractivity contribution in [2.75, 3.05) is 0 Å². The first-order chi connectivity index (χ1) is 42.1. The molecular weight excluding hydrogens is 1280 g/mol. The quantitative estimate of drug-likeness (QED) is 0.0564. The average molecular weight is 1370 g/mol. The molecule has 494 valence electrons. The minimum Gasteiger partial charge on any atom is -0.618 e. The monoisotopic (exact) mass is 1370 g/mol. The van der Waals surface area contributed by atoms with Gasteiger partial charge < -0.3 is 17.1 Å². The van der Waals surface area contributed by atoms with E-state index in [1.54, 1.807) is 0 Å². The van der Waals surface area contributed by atoms with Crippen LogP contribution in [0.5, 0.6) is 0 Å². The molecule has 0 aromatic heterocycles. The number of ketones is 2. The summed E-state index contributed by atoms with van der Waals surface area (Å²) in [5, 5.41) is 0.227. The highest BCUT2D eigenvalue weighted by Crippen LogP contribution is 2.43. The van der Waals surface area contributed by atoms with E-state index in [9.17, 15) is 42.8 Å². The van der Waals surface area contributed by atoms with Crippen molar-refractivity contribution in [2.45, 2.75) is 171 Å². The highest BCUT2D eigenvalue weighted by Gasteiger charge is 2.32. The van der Waals surface area contributed by atoms with E-state index in [1.165, 1.54) is 41.0 Å². The fraction of sp³-hybridized carbons (Fsp3) is 0.343. The third-order valence-electron chi connectivity index (χ3n) is 14.9. The number of hydrogen-bond donors (Lipinski definition) is 4. The van der Waals surface area contributed by atoms with E-state index >= 15 is 0 Å². The Bertz CT molecular complexity index is 4270. The molecule has 2 aliphatic heterocycles. The molecule has 92 heavy (non-hydrogen) atoms. The molecule has 2 aliphatic rings. The number of allylic oxidation sites excluding steroid dienone is 2. The van der Waals surface area contributed by atoms with Crippen LogP contribution in [0.1, 0.15) is 182 Å². The van der Waals surface area contributed by atoms with Gasteiger partial charge in [-0.15, -0.1) is 0 Å². The smallest absolute Gasteiger partial charge is 0.440 e. The molecular formula is C70H86O16S4Si2. The summed E-state index contributed by atoms with van der Waals surface area (Å²) in [6.07, 6.45) is 5.15. The number of hydrogen-bond acceptors (Lipinski definition) is 10. The van der Waals surface area contributed by atoms with Crippen molar-refractivity contribution < 1.29 is 69.0 Å². The third-order valence-corrected chi connectivity index (χ3v) is 19.8. The van der Waals surface area contributed by atoms with E-state index in [4.69, 9.17) is 26.2 Å². The zero-order valence-corrected chi connectivity index (χ0v) is 60.8. The van der Waals surface area contributed by atoms with E-state index in [1.807, 2.05) is 71.9 Å². The first kappa shape index (κ1) is 74.3. The van der Waals surface area contributed by atoms with Crippen LogP contribution in [0.15, 0.2) is 183 Å². The molecule has 4 N–H and O–H groups in total. The normalized spacial score (nSPS) is 14.3. The molecule has 2 heterocycles. The first-order valence-electron chi connectivity index (χ1n) is 29.5. The fourth-order valence-corrected chi connectivity index (χ4v) is 14.4. The van der Waals surface area contributed by atoms with E-state index < -0.39 is 81.1 Å². The molecule has 7 aromatic rings. The molecule has 0 bridgehead atoms. The Labute approximate surface area is 549 Å². The predicted octanol–water partition coefficient (Wildman–Crippen LogP) is 14.9. The van der Waals surface area contributed by atoms with Crippen molar-refractivity contribution in [3.63, 3.8) is 0 Å². The Morgan fingerprint density at radius 2 is 0.707 bits per heavy atom. The largest absolute Gasteiger partial charge is 0.618 e. The Hall–Kier alpha value is -6.71. The van der Waals surface area contributed by atoms with Crippen molar-refractivity contribution in [1.82, 2.24) is 0 Å². The van der Waals surface area contributed by atoms with Crippen molar-refractivity contribution in [2.24, 2.45) is 5.41 Å². The van der Waals surface area contributed by atoms with E-state index in [0.717, 1.165) is 70.0 Å². The predicted molar refractivity (Wildman–Crippen MR) is 368 cm³/mol. The van der Waals surface area contributed by atoms with Crippen molar-refractivity contribution in [3.05, 3.63) is 214 Å². The highest BCUT2D eigenvalue weighted by atomic mass is 32.2. The molecule has 0 atom stereocenters. The van der Waals surface area contributed by atoms with Crippen LogP contribution in [0, 0.1) is 5.41 Å². The third kappa shape index (κ3) is 20.2. The van der Waals surface area contributed by atoms with E-state index in [0.29, 0.717) is 22.6 Å². The van der Waals surface area contributed by atoms with E-state index in [2.05, 4.69) is 161 Å². The topological polar surface area (TPSA) is 259 Å². The van der Waals surface area contributed by atoms with Gasteiger partial charge in [0.05, 0.1) is 44.6 Å².